The minimum atomic E-state index is -0.270. The van der Waals surface area contributed by atoms with Gasteiger partial charge in [-0.25, -0.2) is 9.89 Å². The van der Waals surface area contributed by atoms with Gasteiger partial charge in [-0.1, -0.05) is 60.3 Å². The van der Waals surface area contributed by atoms with Crippen molar-refractivity contribution >= 4 is 17.7 Å². The van der Waals surface area contributed by atoms with E-state index in [2.05, 4.69) is 15.5 Å². The van der Waals surface area contributed by atoms with E-state index in [4.69, 9.17) is 4.74 Å². The van der Waals surface area contributed by atoms with Crippen molar-refractivity contribution < 1.29 is 9.53 Å². The van der Waals surface area contributed by atoms with Gasteiger partial charge in [0.1, 0.15) is 5.75 Å². The van der Waals surface area contributed by atoms with Gasteiger partial charge < -0.3 is 10.1 Å². The standard InChI is InChI=1S/C20H22N4O3S/c1-27-17-10-6-5-9-16(17)13-21-18(25)14-28-20-23-22-19(26)24(20)12-11-15-7-3-2-4-8-15/h2-10H,11-14H2,1H3,(H,21,25)(H,22,26). The molecular weight excluding hydrogens is 376 g/mol. The topological polar surface area (TPSA) is 89.0 Å². The number of aryl methyl sites for hydroxylation is 1. The molecule has 0 aliphatic heterocycles. The van der Waals surface area contributed by atoms with E-state index < -0.39 is 0 Å². The highest BCUT2D eigenvalue weighted by molar-refractivity contribution is 7.99. The zero-order valence-electron chi connectivity index (χ0n) is 15.6. The smallest absolute Gasteiger partial charge is 0.343 e. The number of nitrogens with zero attached hydrogens (tertiary/aromatic N) is 2. The van der Waals surface area contributed by atoms with Gasteiger partial charge >= 0.3 is 5.69 Å². The van der Waals surface area contributed by atoms with Crippen molar-refractivity contribution in [3.63, 3.8) is 0 Å². The first kappa shape index (κ1) is 19.8. The van der Waals surface area contributed by atoms with Crippen molar-refractivity contribution in [1.29, 1.82) is 0 Å². The number of H-pyrrole nitrogens is 1. The average Bonchev–Trinajstić information content (AvgIpc) is 3.09. The Balaban J connectivity index is 1.53. The summed E-state index contributed by atoms with van der Waals surface area (Å²) in [5.41, 5.74) is 1.77. The lowest BCUT2D eigenvalue weighted by Gasteiger charge is -2.09. The maximum Gasteiger partial charge on any atom is 0.343 e. The number of hydrogen-bond acceptors (Lipinski definition) is 5. The minimum absolute atomic E-state index is 0.138. The summed E-state index contributed by atoms with van der Waals surface area (Å²) in [5.74, 6) is 0.767. The number of amides is 1. The van der Waals surface area contributed by atoms with Crippen LogP contribution in [0.15, 0.2) is 64.5 Å². The van der Waals surface area contributed by atoms with Crippen molar-refractivity contribution in [3.8, 4) is 5.75 Å². The molecule has 0 aliphatic carbocycles. The molecule has 3 rings (SSSR count). The van der Waals surface area contributed by atoms with E-state index in [-0.39, 0.29) is 17.3 Å². The van der Waals surface area contributed by atoms with Gasteiger partial charge in [-0.15, -0.1) is 5.10 Å². The molecule has 146 valence electrons. The minimum Gasteiger partial charge on any atom is -0.496 e. The Morgan fingerprint density at radius 2 is 1.93 bits per heavy atom. The highest BCUT2D eigenvalue weighted by Gasteiger charge is 2.12. The quantitative estimate of drug-likeness (QED) is 0.540. The molecule has 0 spiro atoms. The van der Waals surface area contributed by atoms with Crippen LogP contribution in [0, 0.1) is 0 Å². The van der Waals surface area contributed by atoms with E-state index in [1.54, 1.807) is 11.7 Å². The lowest BCUT2D eigenvalue weighted by atomic mass is 10.1. The molecule has 0 radical (unpaired) electrons. The van der Waals surface area contributed by atoms with Crippen LogP contribution in [0.4, 0.5) is 0 Å². The highest BCUT2D eigenvalue weighted by Crippen LogP contribution is 2.17. The molecule has 0 saturated carbocycles. The van der Waals surface area contributed by atoms with Gasteiger partial charge in [-0.3, -0.25) is 9.36 Å². The molecule has 0 fully saturated rings. The molecule has 8 heteroatoms. The van der Waals surface area contributed by atoms with Crippen LogP contribution in [0.3, 0.4) is 0 Å². The zero-order chi connectivity index (χ0) is 19.8. The van der Waals surface area contributed by atoms with Gasteiger partial charge in [0.15, 0.2) is 5.16 Å². The SMILES string of the molecule is COc1ccccc1CNC(=O)CSc1n[nH]c(=O)n1CCc1ccccc1. The number of carbonyl (C=O) groups excluding carboxylic acids is 1. The van der Waals surface area contributed by atoms with Crippen LogP contribution in [0.25, 0.3) is 0 Å². The van der Waals surface area contributed by atoms with E-state index in [0.717, 1.165) is 16.9 Å². The van der Waals surface area contributed by atoms with Crippen molar-refractivity contribution in [2.45, 2.75) is 24.7 Å². The summed E-state index contributed by atoms with van der Waals surface area (Å²) in [4.78, 5) is 24.2. The molecule has 0 bridgehead atoms. The van der Waals surface area contributed by atoms with Crippen LogP contribution in [-0.4, -0.2) is 33.5 Å². The Hall–Kier alpha value is -3.00. The molecule has 1 heterocycles. The Bertz CT molecular complexity index is 969. The van der Waals surface area contributed by atoms with Crippen LogP contribution < -0.4 is 15.7 Å². The molecule has 0 saturated heterocycles. The average molecular weight is 398 g/mol. The second kappa shape index (κ2) is 9.80. The highest BCUT2D eigenvalue weighted by atomic mass is 32.2. The third-order valence-corrected chi connectivity index (χ3v) is 5.17. The number of para-hydroxylation sites is 1. The summed E-state index contributed by atoms with van der Waals surface area (Å²) < 4.78 is 6.84. The number of benzene rings is 2. The molecule has 2 aromatic carbocycles. The van der Waals surface area contributed by atoms with E-state index in [0.29, 0.717) is 24.7 Å². The lowest BCUT2D eigenvalue weighted by molar-refractivity contribution is -0.118. The van der Waals surface area contributed by atoms with Crippen LogP contribution in [-0.2, 0) is 24.3 Å². The Morgan fingerprint density at radius 3 is 2.71 bits per heavy atom. The number of thioether (sulfide) groups is 1. The number of hydrogen-bond donors (Lipinski definition) is 2. The maximum absolute atomic E-state index is 12.2. The predicted molar refractivity (Wildman–Crippen MR) is 109 cm³/mol. The molecule has 7 nitrogen and oxygen atoms in total. The second-order valence-electron chi connectivity index (χ2n) is 6.08. The summed E-state index contributed by atoms with van der Waals surface area (Å²) in [6.07, 6.45) is 0.716. The summed E-state index contributed by atoms with van der Waals surface area (Å²) in [6, 6.07) is 17.5. The number of nitrogens with one attached hydrogen (secondary N) is 2. The summed E-state index contributed by atoms with van der Waals surface area (Å²) in [5, 5.41) is 9.86. The zero-order valence-corrected chi connectivity index (χ0v) is 16.4. The van der Waals surface area contributed by atoms with Gasteiger partial charge in [0, 0.05) is 18.7 Å². The summed E-state index contributed by atoms with van der Waals surface area (Å²) in [7, 11) is 1.60. The molecule has 1 aromatic heterocycles. The van der Waals surface area contributed by atoms with Crippen molar-refractivity contribution in [1.82, 2.24) is 20.1 Å². The second-order valence-corrected chi connectivity index (χ2v) is 7.02. The van der Waals surface area contributed by atoms with Crippen LogP contribution >= 0.6 is 11.8 Å². The van der Waals surface area contributed by atoms with Crippen molar-refractivity contribution in [2.24, 2.45) is 0 Å². The third-order valence-electron chi connectivity index (χ3n) is 4.19. The monoisotopic (exact) mass is 398 g/mol. The van der Waals surface area contributed by atoms with E-state index >= 15 is 0 Å². The van der Waals surface area contributed by atoms with Gasteiger partial charge in [0.2, 0.25) is 5.91 Å². The molecule has 1 amide bonds. The van der Waals surface area contributed by atoms with E-state index in [1.165, 1.54) is 11.8 Å². The van der Waals surface area contributed by atoms with Crippen LogP contribution in [0.2, 0.25) is 0 Å². The van der Waals surface area contributed by atoms with E-state index in [1.807, 2.05) is 54.6 Å². The van der Waals surface area contributed by atoms with Gasteiger partial charge in [-0.05, 0) is 18.1 Å². The number of aromatic nitrogens is 3. The fraction of sp³-hybridized carbons (Fsp3) is 0.250. The number of rotatable bonds is 9. The molecular formula is C20H22N4O3S. The Morgan fingerprint density at radius 1 is 1.18 bits per heavy atom. The van der Waals surface area contributed by atoms with Gasteiger partial charge in [0.25, 0.3) is 0 Å². The largest absolute Gasteiger partial charge is 0.496 e. The first-order valence-electron chi connectivity index (χ1n) is 8.88. The molecule has 0 atom stereocenters. The molecule has 0 aliphatic rings. The van der Waals surface area contributed by atoms with Crippen molar-refractivity contribution in [2.75, 3.05) is 12.9 Å². The number of aromatic amines is 1. The molecule has 0 unspecified atom stereocenters. The molecule has 28 heavy (non-hydrogen) atoms. The first-order valence-corrected chi connectivity index (χ1v) is 9.86. The summed E-state index contributed by atoms with van der Waals surface area (Å²) >= 11 is 1.23. The Labute approximate surface area is 167 Å². The fourth-order valence-corrected chi connectivity index (χ4v) is 3.52. The van der Waals surface area contributed by atoms with E-state index in [9.17, 15) is 9.59 Å². The maximum atomic E-state index is 12.2. The van der Waals surface area contributed by atoms with Crippen molar-refractivity contribution in [3.05, 3.63) is 76.2 Å². The van der Waals surface area contributed by atoms with Gasteiger partial charge in [0.05, 0.1) is 12.9 Å². The van der Waals surface area contributed by atoms with Crippen LogP contribution in [0.5, 0.6) is 5.75 Å². The molecule has 3 aromatic rings. The lowest BCUT2D eigenvalue weighted by Crippen LogP contribution is -2.25. The number of methoxy groups -OCH3 is 1. The first-order chi connectivity index (χ1) is 13.7. The Kier molecular flexibility index (Phi) is 6.91. The number of carbonyl (C=O) groups is 1. The number of ether oxygens (including phenoxy) is 1. The fourth-order valence-electron chi connectivity index (χ4n) is 2.72. The predicted octanol–water partition coefficient (Wildman–Crippen LogP) is 2.23. The molecule has 2 N–H and O–H groups in total. The normalized spacial score (nSPS) is 10.6. The van der Waals surface area contributed by atoms with Crippen LogP contribution in [0.1, 0.15) is 11.1 Å². The van der Waals surface area contributed by atoms with Gasteiger partial charge in [-0.2, -0.15) is 0 Å². The summed E-state index contributed by atoms with van der Waals surface area (Å²) in [6.45, 7) is 0.884. The third kappa shape index (κ3) is 5.26.